The number of hydrogen-bond acceptors (Lipinski definition) is 4. The van der Waals surface area contributed by atoms with Crippen molar-refractivity contribution in [2.75, 3.05) is 11.9 Å². The van der Waals surface area contributed by atoms with Crippen molar-refractivity contribution in [3.63, 3.8) is 0 Å². The van der Waals surface area contributed by atoms with Crippen LogP contribution in [0, 0.1) is 6.92 Å². The summed E-state index contributed by atoms with van der Waals surface area (Å²) in [5, 5.41) is 7.63. The Balaban J connectivity index is 1.99. The zero-order valence-corrected chi connectivity index (χ0v) is 16.5. The van der Waals surface area contributed by atoms with Gasteiger partial charge in [0.2, 0.25) is 10.0 Å². The van der Waals surface area contributed by atoms with Crippen molar-refractivity contribution >= 4 is 53.5 Å². The predicted molar refractivity (Wildman–Crippen MR) is 98.5 cm³/mol. The van der Waals surface area contributed by atoms with Gasteiger partial charge in [0.25, 0.3) is 5.91 Å². The third-order valence-corrected chi connectivity index (χ3v) is 4.98. The van der Waals surface area contributed by atoms with Crippen LogP contribution in [0.25, 0.3) is 0 Å². The number of aryl methyl sites for hydroxylation is 1. The second kappa shape index (κ2) is 7.64. The van der Waals surface area contributed by atoms with Crippen LogP contribution in [0.15, 0.2) is 50.2 Å². The summed E-state index contributed by atoms with van der Waals surface area (Å²) in [6.07, 6.45) is 0. The highest BCUT2D eigenvalue weighted by atomic mass is 79.9. The Morgan fingerprint density at radius 3 is 2.38 bits per heavy atom. The minimum Gasteiger partial charge on any atom is -0.482 e. The van der Waals surface area contributed by atoms with Crippen molar-refractivity contribution in [1.82, 2.24) is 0 Å². The second-order valence-corrected chi connectivity index (χ2v) is 8.27. The molecule has 0 saturated heterocycles. The molecule has 3 N–H and O–H groups in total. The third-order valence-electron chi connectivity index (χ3n) is 3.01. The number of carbonyl (C=O) groups is 1. The van der Waals surface area contributed by atoms with E-state index in [0.717, 1.165) is 14.5 Å². The Morgan fingerprint density at radius 1 is 1.21 bits per heavy atom. The highest BCUT2D eigenvalue weighted by Crippen LogP contribution is 2.32. The topological polar surface area (TPSA) is 98.5 Å². The molecule has 0 aliphatic heterocycles. The van der Waals surface area contributed by atoms with Crippen molar-refractivity contribution in [3.05, 3.63) is 50.9 Å². The Labute approximate surface area is 156 Å². The maximum Gasteiger partial charge on any atom is 0.262 e. The van der Waals surface area contributed by atoms with E-state index in [1.54, 1.807) is 0 Å². The number of sulfonamides is 1. The number of halogens is 2. The molecule has 2 rings (SSSR count). The van der Waals surface area contributed by atoms with Crippen LogP contribution >= 0.6 is 31.9 Å². The first-order valence-corrected chi connectivity index (χ1v) is 9.81. The number of ether oxygens (including phenoxy) is 1. The minimum atomic E-state index is -3.75. The van der Waals surface area contributed by atoms with Gasteiger partial charge in [-0.2, -0.15) is 0 Å². The number of nitrogens with one attached hydrogen (secondary N) is 1. The molecule has 9 heteroatoms. The molecule has 2 aromatic rings. The van der Waals surface area contributed by atoms with Crippen molar-refractivity contribution in [3.8, 4) is 5.75 Å². The molecule has 0 bridgehead atoms. The molecular weight excluding hydrogens is 464 g/mol. The van der Waals surface area contributed by atoms with Crippen molar-refractivity contribution < 1.29 is 17.9 Å². The predicted octanol–water partition coefficient (Wildman–Crippen LogP) is 3.18. The van der Waals surface area contributed by atoms with E-state index in [2.05, 4.69) is 37.2 Å². The molecule has 0 aliphatic rings. The quantitative estimate of drug-likeness (QED) is 0.690. The number of benzene rings is 2. The van der Waals surface area contributed by atoms with E-state index in [1.165, 1.54) is 24.3 Å². The van der Waals surface area contributed by atoms with E-state index in [-0.39, 0.29) is 17.4 Å². The fourth-order valence-electron chi connectivity index (χ4n) is 1.93. The van der Waals surface area contributed by atoms with Gasteiger partial charge >= 0.3 is 0 Å². The van der Waals surface area contributed by atoms with Gasteiger partial charge in [0.15, 0.2) is 6.61 Å². The molecule has 2 aromatic carbocycles. The highest BCUT2D eigenvalue weighted by Gasteiger charge is 2.11. The van der Waals surface area contributed by atoms with Gasteiger partial charge < -0.3 is 10.1 Å². The number of rotatable bonds is 5. The van der Waals surface area contributed by atoms with Crippen molar-refractivity contribution in [2.24, 2.45) is 5.14 Å². The molecule has 128 valence electrons. The lowest BCUT2D eigenvalue weighted by atomic mass is 10.2. The van der Waals surface area contributed by atoms with Crippen LogP contribution in [0.1, 0.15) is 5.56 Å². The first-order chi connectivity index (χ1) is 11.2. The molecular formula is C15H14Br2N2O4S. The molecule has 0 spiro atoms. The largest absolute Gasteiger partial charge is 0.482 e. The van der Waals surface area contributed by atoms with Gasteiger partial charge in [-0.15, -0.1) is 0 Å². The van der Waals surface area contributed by atoms with Crippen LogP contribution in [0.5, 0.6) is 5.75 Å². The molecule has 0 atom stereocenters. The summed E-state index contributed by atoms with van der Waals surface area (Å²) in [5.74, 6) is 0.213. The lowest BCUT2D eigenvalue weighted by Gasteiger charge is -2.12. The zero-order valence-electron chi connectivity index (χ0n) is 12.5. The van der Waals surface area contributed by atoms with E-state index in [9.17, 15) is 13.2 Å². The maximum absolute atomic E-state index is 12.0. The van der Waals surface area contributed by atoms with E-state index in [4.69, 9.17) is 9.88 Å². The van der Waals surface area contributed by atoms with E-state index in [1.807, 2.05) is 19.1 Å². The van der Waals surface area contributed by atoms with Crippen molar-refractivity contribution in [1.29, 1.82) is 0 Å². The van der Waals surface area contributed by atoms with Crippen LogP contribution in [-0.2, 0) is 14.8 Å². The molecule has 1 amide bonds. The number of anilines is 1. The number of carbonyl (C=O) groups excluding carboxylic acids is 1. The lowest BCUT2D eigenvalue weighted by molar-refractivity contribution is -0.118. The number of amides is 1. The maximum atomic E-state index is 12.0. The molecule has 0 saturated carbocycles. The number of primary sulfonamides is 1. The zero-order chi connectivity index (χ0) is 17.9. The smallest absolute Gasteiger partial charge is 0.262 e. The van der Waals surface area contributed by atoms with Crippen molar-refractivity contribution in [2.45, 2.75) is 11.8 Å². The summed E-state index contributed by atoms with van der Waals surface area (Å²) >= 11 is 6.76. The van der Waals surface area contributed by atoms with Gasteiger partial charge in [-0.1, -0.05) is 15.9 Å². The molecule has 0 unspecified atom stereocenters. The van der Waals surface area contributed by atoms with Crippen LogP contribution in [0.2, 0.25) is 0 Å². The van der Waals surface area contributed by atoms with Crippen LogP contribution in [-0.4, -0.2) is 20.9 Å². The standard InChI is InChI=1S/C15H14Br2N2O4S/c1-9-6-10(16)7-13(17)15(9)23-8-14(20)19-11-2-4-12(5-3-11)24(18,21)22/h2-7H,8H2,1H3,(H,19,20)(H2,18,21,22). The lowest BCUT2D eigenvalue weighted by Crippen LogP contribution is -2.20. The SMILES string of the molecule is Cc1cc(Br)cc(Br)c1OCC(=O)Nc1ccc(S(N)(=O)=O)cc1. The van der Waals surface area contributed by atoms with Gasteiger partial charge in [0.1, 0.15) is 5.75 Å². The molecule has 0 radical (unpaired) electrons. The summed E-state index contributed by atoms with van der Waals surface area (Å²) in [5.41, 5.74) is 1.32. The van der Waals surface area contributed by atoms with Crippen LogP contribution in [0.3, 0.4) is 0 Å². The number of nitrogens with two attached hydrogens (primary N) is 1. The van der Waals surface area contributed by atoms with E-state index in [0.29, 0.717) is 11.4 Å². The van der Waals surface area contributed by atoms with Gasteiger partial charge in [0, 0.05) is 10.2 Å². The van der Waals surface area contributed by atoms with Crippen LogP contribution in [0.4, 0.5) is 5.69 Å². The summed E-state index contributed by atoms with van der Waals surface area (Å²) in [4.78, 5) is 11.9. The Hall–Kier alpha value is -1.42. The normalized spacial score (nSPS) is 11.2. The second-order valence-electron chi connectivity index (χ2n) is 4.94. The van der Waals surface area contributed by atoms with Crippen LogP contribution < -0.4 is 15.2 Å². The molecule has 0 fully saturated rings. The highest BCUT2D eigenvalue weighted by molar-refractivity contribution is 9.11. The average Bonchev–Trinajstić information content (AvgIpc) is 2.45. The van der Waals surface area contributed by atoms with E-state index < -0.39 is 10.0 Å². The molecule has 0 heterocycles. The number of hydrogen-bond donors (Lipinski definition) is 2. The van der Waals surface area contributed by atoms with Gasteiger partial charge in [-0.25, -0.2) is 13.6 Å². The Morgan fingerprint density at radius 2 is 1.83 bits per heavy atom. The summed E-state index contributed by atoms with van der Waals surface area (Å²) < 4.78 is 29.5. The fraction of sp³-hybridized carbons (Fsp3) is 0.133. The monoisotopic (exact) mass is 476 g/mol. The minimum absolute atomic E-state index is 0.0221. The summed E-state index contributed by atoms with van der Waals surface area (Å²) in [6.45, 7) is 1.69. The molecule has 24 heavy (non-hydrogen) atoms. The van der Waals surface area contributed by atoms with Gasteiger partial charge in [-0.3, -0.25) is 4.79 Å². The van der Waals surface area contributed by atoms with E-state index >= 15 is 0 Å². The molecule has 0 aliphatic carbocycles. The molecule has 6 nitrogen and oxygen atoms in total. The first-order valence-electron chi connectivity index (χ1n) is 6.68. The third kappa shape index (κ3) is 5.04. The van der Waals surface area contributed by atoms with Gasteiger partial charge in [-0.05, 0) is 64.8 Å². The first kappa shape index (κ1) is 18.9. The summed E-state index contributed by atoms with van der Waals surface area (Å²) in [6, 6.07) is 9.26. The average molecular weight is 478 g/mol. The summed E-state index contributed by atoms with van der Waals surface area (Å²) in [7, 11) is -3.75. The van der Waals surface area contributed by atoms with Gasteiger partial charge in [0.05, 0.1) is 9.37 Å². The Bertz CT molecular complexity index is 845. The fourth-order valence-corrected chi connectivity index (χ4v) is 4.00. The molecule has 0 aromatic heterocycles. The Kier molecular flexibility index (Phi) is 6.02.